The first-order chi connectivity index (χ1) is 37.5. The van der Waals surface area contributed by atoms with Crippen LogP contribution in [-0.2, 0) is 51.1 Å². The molecule has 0 aliphatic heterocycles. The van der Waals surface area contributed by atoms with Crippen molar-refractivity contribution in [3.05, 3.63) is 71.8 Å². The standard InChI is InChI=1S/C30H50O3.C18H35ClO.C18H26O3.C6H12O2/c1-10-33-28(32)25(18-24-14-12-11-13-15-24)19-27(31)26(23(3)21-30(7,8)9)17-16-22(2)20-29(4,5)6;1-13(11-17(3,4)5)9-10-15(16(19)20)14(2)12-18(6,7)8;1-5-21-18(20)16(11-15-9-7-6-8-10-15)12-17(19)14(4)13(2)3;1-4(2)5(3)6(7)8/h11-15,22-23,25-26H,10,16-21H2,1-9H3;13-15H,9-12H2,1-8H3;6-10,13-14,16H,5,11-12H2,1-4H3;4-5H,1-3H3,(H,7,8)/t22?,23?,25-,26?;;14-,16+;5-/m1.00/s1. The Morgan fingerprint density at radius 2 is 0.768 bits per heavy atom. The third-order valence-electron chi connectivity index (χ3n) is 15.5. The van der Waals surface area contributed by atoms with Gasteiger partial charge >= 0.3 is 17.9 Å². The maximum Gasteiger partial charge on any atom is 0.309 e. The molecule has 1 N–H and O–H groups in total. The number of esters is 2. The molecule has 2 rings (SSSR count). The Balaban J connectivity index is 0. The zero-order chi connectivity index (χ0) is 63.9. The van der Waals surface area contributed by atoms with Crippen molar-refractivity contribution >= 4 is 46.3 Å². The summed E-state index contributed by atoms with van der Waals surface area (Å²) >= 11 is 5.85. The van der Waals surface area contributed by atoms with Crippen LogP contribution in [0, 0.1) is 92.7 Å². The van der Waals surface area contributed by atoms with Gasteiger partial charge < -0.3 is 14.6 Å². The highest BCUT2D eigenvalue weighted by atomic mass is 35.5. The molecule has 10 atom stereocenters. The minimum absolute atomic E-state index is 0.0123. The Labute approximate surface area is 508 Å². The molecule has 0 aliphatic carbocycles. The molecule has 0 radical (unpaired) electrons. The predicted molar refractivity (Wildman–Crippen MR) is 345 cm³/mol. The van der Waals surface area contributed by atoms with Crippen molar-refractivity contribution in [3.8, 4) is 0 Å². The summed E-state index contributed by atoms with van der Waals surface area (Å²) in [4.78, 5) is 72.7. The zero-order valence-electron chi connectivity index (χ0n) is 56.7. The third kappa shape index (κ3) is 39.6. The fraction of sp³-hybridized carbons (Fsp3) is 0.750. The Kier molecular flexibility index (Phi) is 38.8. The number of carbonyl (C=O) groups is 6. The number of hydrogen-bond acceptors (Lipinski definition) is 8. The lowest BCUT2D eigenvalue weighted by Gasteiger charge is -2.31. The number of rotatable bonds is 30. The molecule has 10 heteroatoms. The van der Waals surface area contributed by atoms with Gasteiger partial charge in [0.05, 0.1) is 31.0 Å². The number of carboxylic acid groups (broad SMARTS) is 1. The lowest BCUT2D eigenvalue weighted by Crippen LogP contribution is -2.31. The maximum atomic E-state index is 13.7. The van der Waals surface area contributed by atoms with Crippen LogP contribution < -0.4 is 0 Å². The van der Waals surface area contributed by atoms with Crippen LogP contribution in [0.5, 0.6) is 0 Å². The summed E-state index contributed by atoms with van der Waals surface area (Å²) in [5.74, 6) is 0.488. The average molecular weight is 1170 g/mol. The molecule has 0 aromatic heterocycles. The largest absolute Gasteiger partial charge is 0.481 e. The van der Waals surface area contributed by atoms with Gasteiger partial charge in [-0.15, -0.1) is 0 Å². The van der Waals surface area contributed by atoms with Crippen LogP contribution in [0.1, 0.15) is 242 Å². The zero-order valence-corrected chi connectivity index (χ0v) is 57.4. The lowest BCUT2D eigenvalue weighted by atomic mass is 9.73. The van der Waals surface area contributed by atoms with Gasteiger partial charge in [0, 0.05) is 30.6 Å². The van der Waals surface area contributed by atoms with Gasteiger partial charge in [-0.1, -0.05) is 213 Å². The Morgan fingerprint density at radius 3 is 1.05 bits per heavy atom. The summed E-state index contributed by atoms with van der Waals surface area (Å²) < 4.78 is 10.5. The second-order valence-corrected chi connectivity index (χ2v) is 30.3. The second kappa shape index (κ2) is 39.7. The van der Waals surface area contributed by atoms with Crippen molar-refractivity contribution in [1.82, 2.24) is 0 Å². The van der Waals surface area contributed by atoms with E-state index < -0.39 is 11.9 Å². The van der Waals surface area contributed by atoms with Crippen LogP contribution in [0.3, 0.4) is 0 Å². The van der Waals surface area contributed by atoms with Gasteiger partial charge in [0.1, 0.15) is 11.6 Å². The summed E-state index contributed by atoms with van der Waals surface area (Å²) in [5.41, 5.74) is 3.19. The van der Waals surface area contributed by atoms with Gasteiger partial charge in [0.2, 0.25) is 5.24 Å². The molecule has 2 aromatic rings. The van der Waals surface area contributed by atoms with Crippen LogP contribution in [0.25, 0.3) is 0 Å². The summed E-state index contributed by atoms with van der Waals surface area (Å²) in [6.07, 6.45) is 9.98. The molecule has 0 aliphatic rings. The van der Waals surface area contributed by atoms with Crippen LogP contribution >= 0.6 is 11.6 Å². The van der Waals surface area contributed by atoms with Gasteiger partial charge in [-0.2, -0.15) is 0 Å². The van der Waals surface area contributed by atoms with Crippen molar-refractivity contribution in [2.75, 3.05) is 13.2 Å². The highest BCUT2D eigenvalue weighted by Crippen LogP contribution is 2.37. The molecule has 6 unspecified atom stereocenters. The predicted octanol–water partition coefficient (Wildman–Crippen LogP) is 19.2. The van der Waals surface area contributed by atoms with Crippen molar-refractivity contribution in [2.24, 2.45) is 92.7 Å². The van der Waals surface area contributed by atoms with Gasteiger partial charge in [-0.25, -0.2) is 0 Å². The molecule has 0 fully saturated rings. The van der Waals surface area contributed by atoms with E-state index in [9.17, 15) is 28.8 Å². The van der Waals surface area contributed by atoms with E-state index in [4.69, 9.17) is 26.2 Å². The van der Waals surface area contributed by atoms with Gasteiger partial charge in [0.25, 0.3) is 0 Å². The van der Waals surface area contributed by atoms with Gasteiger partial charge in [0.15, 0.2) is 0 Å². The normalized spacial score (nSPS) is 15.6. The van der Waals surface area contributed by atoms with E-state index in [-0.39, 0.29) is 93.8 Å². The van der Waals surface area contributed by atoms with E-state index in [0.717, 1.165) is 56.1 Å². The molecular formula is C72H123ClO9. The number of halogens is 1. The second-order valence-electron chi connectivity index (χ2n) is 29.9. The van der Waals surface area contributed by atoms with Crippen LogP contribution in [0.2, 0.25) is 0 Å². The van der Waals surface area contributed by atoms with E-state index in [2.05, 4.69) is 111 Å². The number of ketones is 2. The fourth-order valence-electron chi connectivity index (χ4n) is 11.1. The molecule has 0 saturated heterocycles. The fourth-order valence-corrected chi connectivity index (χ4v) is 11.4. The number of Topliss-reactive ketones (excluding diaryl/α,β-unsaturated/α-hetero) is 2. The molecule has 0 saturated carbocycles. The smallest absolute Gasteiger partial charge is 0.309 e. The van der Waals surface area contributed by atoms with Gasteiger partial charge in [-0.3, -0.25) is 28.8 Å². The topological polar surface area (TPSA) is 141 Å². The van der Waals surface area contributed by atoms with E-state index in [1.54, 1.807) is 13.8 Å². The molecule has 0 amide bonds. The molecule has 0 heterocycles. The Bertz CT molecular complexity index is 2090. The number of aliphatic carboxylic acids is 1. The highest BCUT2D eigenvalue weighted by Gasteiger charge is 2.34. The molecule has 82 heavy (non-hydrogen) atoms. The van der Waals surface area contributed by atoms with Gasteiger partial charge in [-0.05, 0) is 158 Å². The number of carbonyl (C=O) groups excluding carboxylic acids is 5. The summed E-state index contributed by atoms with van der Waals surface area (Å²) in [6, 6.07) is 19.7. The average Bonchev–Trinajstić information content (AvgIpc) is 3.33. The summed E-state index contributed by atoms with van der Waals surface area (Å²) in [7, 11) is 0. The quantitative estimate of drug-likeness (QED) is 0.0598. The van der Waals surface area contributed by atoms with E-state index >= 15 is 0 Å². The number of carboxylic acids is 1. The monoisotopic (exact) mass is 1170 g/mol. The minimum Gasteiger partial charge on any atom is -0.481 e. The molecule has 0 spiro atoms. The Hall–Kier alpha value is -3.85. The first kappa shape index (κ1) is 80.2. The van der Waals surface area contributed by atoms with Crippen molar-refractivity contribution < 1.29 is 43.3 Å². The first-order valence-electron chi connectivity index (χ1n) is 31.4. The SMILES string of the molecule is CC(C)[C@H](C)C(=O)O.CC(CCC(C(=O)Cl)C(C)CC(C)(C)C)CC(C)(C)C.CCOC(=O)[C@@H](CC(=O)C(CCC(C)CC(C)(C)C)C(C)CC(C)(C)C)Cc1ccccc1.CCOC(=O)[C@@H](CC(=O)[C@@H](C)C(C)C)Cc1ccccc1. The van der Waals surface area contributed by atoms with Crippen LogP contribution in [0.15, 0.2) is 60.7 Å². The number of hydrogen-bond donors (Lipinski definition) is 1. The summed E-state index contributed by atoms with van der Waals surface area (Å²) in [5, 5.41) is 8.20. The molecular weight excluding hydrogens is 1040 g/mol. The minimum atomic E-state index is -0.708. The van der Waals surface area contributed by atoms with Crippen molar-refractivity contribution in [2.45, 2.75) is 243 Å². The molecule has 0 bridgehead atoms. The van der Waals surface area contributed by atoms with Crippen molar-refractivity contribution in [1.29, 1.82) is 0 Å². The van der Waals surface area contributed by atoms with Crippen molar-refractivity contribution in [3.63, 3.8) is 0 Å². The number of benzene rings is 2. The molecule has 2 aromatic carbocycles. The third-order valence-corrected chi connectivity index (χ3v) is 15.8. The van der Waals surface area contributed by atoms with E-state index in [1.165, 1.54) is 6.42 Å². The Morgan fingerprint density at radius 1 is 0.451 bits per heavy atom. The molecule has 472 valence electrons. The first-order valence-corrected chi connectivity index (χ1v) is 31.8. The molecule has 9 nitrogen and oxygen atoms in total. The highest BCUT2D eigenvalue weighted by molar-refractivity contribution is 6.64. The van der Waals surface area contributed by atoms with E-state index in [0.29, 0.717) is 60.6 Å². The van der Waals surface area contributed by atoms with Crippen LogP contribution in [0.4, 0.5) is 0 Å². The van der Waals surface area contributed by atoms with E-state index in [1.807, 2.05) is 102 Å². The van der Waals surface area contributed by atoms with Crippen LogP contribution in [-0.4, -0.2) is 53.0 Å². The number of ether oxygens (including phenoxy) is 2. The maximum absolute atomic E-state index is 13.7. The summed E-state index contributed by atoms with van der Waals surface area (Å²) in [6.45, 7) is 51.8. The lowest BCUT2D eigenvalue weighted by molar-refractivity contribution is -0.150.